The molecule has 0 heterocycles. The van der Waals surface area contributed by atoms with E-state index in [2.05, 4.69) is 5.32 Å². The van der Waals surface area contributed by atoms with E-state index in [0.717, 1.165) is 19.4 Å². The van der Waals surface area contributed by atoms with Gasteiger partial charge in [0.1, 0.15) is 0 Å². The van der Waals surface area contributed by atoms with Gasteiger partial charge in [-0.15, -0.1) is 0 Å². The molecule has 0 radical (unpaired) electrons. The maximum absolute atomic E-state index is 11.6. The highest BCUT2D eigenvalue weighted by Gasteiger charge is 2.25. The third-order valence-electron chi connectivity index (χ3n) is 2.28. The summed E-state index contributed by atoms with van der Waals surface area (Å²) >= 11 is 0. The molecule has 1 rings (SSSR count). The molecule has 1 aliphatic carbocycles. The Kier molecular flexibility index (Phi) is 4.73. The second-order valence-corrected chi connectivity index (χ2v) is 3.50. The van der Waals surface area contributed by atoms with Crippen molar-refractivity contribution in [3.05, 3.63) is 0 Å². The topological polar surface area (TPSA) is 41.6 Å². The fourth-order valence-electron chi connectivity index (χ4n) is 1.22. The molecule has 0 aromatic heterocycles. The van der Waals surface area contributed by atoms with Gasteiger partial charge in [-0.2, -0.15) is 0 Å². The Morgan fingerprint density at radius 1 is 1.50 bits per heavy atom. The van der Waals surface area contributed by atoms with Gasteiger partial charge in [0, 0.05) is 25.7 Å². The Hall–Kier alpha value is -0.770. The fourth-order valence-corrected chi connectivity index (χ4v) is 1.22. The molecule has 1 N–H and O–H groups in total. The smallest absolute Gasteiger partial charge is 0.317 e. The number of carbonyl (C=O) groups is 1. The van der Waals surface area contributed by atoms with Crippen LogP contribution in [0.5, 0.6) is 0 Å². The van der Waals surface area contributed by atoms with Gasteiger partial charge >= 0.3 is 6.03 Å². The van der Waals surface area contributed by atoms with Crippen LogP contribution in [0.15, 0.2) is 0 Å². The highest BCUT2D eigenvalue weighted by atomic mass is 16.5. The normalized spacial score (nSPS) is 15.3. The van der Waals surface area contributed by atoms with Crippen LogP contribution in [-0.2, 0) is 4.74 Å². The SMILES string of the molecule is CCOCCN(CC)C(=O)NC1CC1. The van der Waals surface area contributed by atoms with E-state index in [4.69, 9.17) is 4.74 Å². The zero-order chi connectivity index (χ0) is 10.4. The van der Waals surface area contributed by atoms with Gasteiger partial charge in [-0.1, -0.05) is 0 Å². The maximum Gasteiger partial charge on any atom is 0.317 e. The number of hydrogen-bond acceptors (Lipinski definition) is 2. The van der Waals surface area contributed by atoms with Gasteiger partial charge in [0.25, 0.3) is 0 Å². The van der Waals surface area contributed by atoms with Crippen LogP contribution in [-0.4, -0.2) is 43.3 Å². The van der Waals surface area contributed by atoms with Crippen molar-refractivity contribution in [2.75, 3.05) is 26.3 Å². The van der Waals surface area contributed by atoms with Crippen LogP contribution < -0.4 is 5.32 Å². The summed E-state index contributed by atoms with van der Waals surface area (Å²) in [7, 11) is 0. The Bertz CT molecular complexity index is 181. The van der Waals surface area contributed by atoms with E-state index in [1.165, 1.54) is 0 Å². The van der Waals surface area contributed by atoms with Crippen LogP contribution in [0.2, 0.25) is 0 Å². The van der Waals surface area contributed by atoms with E-state index < -0.39 is 0 Å². The first-order valence-corrected chi connectivity index (χ1v) is 5.41. The number of rotatable bonds is 6. The predicted molar refractivity (Wildman–Crippen MR) is 55.3 cm³/mol. The van der Waals surface area contributed by atoms with Crippen LogP contribution in [0.25, 0.3) is 0 Å². The van der Waals surface area contributed by atoms with E-state index in [1.807, 2.05) is 13.8 Å². The number of nitrogens with zero attached hydrogens (tertiary/aromatic N) is 1. The van der Waals surface area contributed by atoms with Crippen molar-refractivity contribution >= 4 is 6.03 Å². The van der Waals surface area contributed by atoms with Gasteiger partial charge in [-0.3, -0.25) is 0 Å². The van der Waals surface area contributed by atoms with Crippen molar-refractivity contribution in [3.63, 3.8) is 0 Å². The van der Waals surface area contributed by atoms with Crippen LogP contribution in [0.4, 0.5) is 4.79 Å². The van der Waals surface area contributed by atoms with E-state index in [1.54, 1.807) is 4.90 Å². The Morgan fingerprint density at radius 2 is 2.21 bits per heavy atom. The predicted octanol–water partition coefficient (Wildman–Crippen LogP) is 1.22. The first kappa shape index (κ1) is 11.3. The summed E-state index contributed by atoms with van der Waals surface area (Å²) in [5.41, 5.74) is 0. The molecule has 0 bridgehead atoms. The number of likely N-dealkylation sites (N-methyl/N-ethyl adjacent to an activating group) is 1. The summed E-state index contributed by atoms with van der Waals surface area (Å²) in [6.07, 6.45) is 2.27. The van der Waals surface area contributed by atoms with Crippen molar-refractivity contribution in [1.82, 2.24) is 10.2 Å². The molecular weight excluding hydrogens is 180 g/mol. The van der Waals surface area contributed by atoms with E-state index in [-0.39, 0.29) is 6.03 Å². The zero-order valence-corrected chi connectivity index (χ0v) is 9.08. The quantitative estimate of drug-likeness (QED) is 0.655. The van der Waals surface area contributed by atoms with Gasteiger partial charge < -0.3 is 15.0 Å². The van der Waals surface area contributed by atoms with Gasteiger partial charge in [0.15, 0.2) is 0 Å². The summed E-state index contributed by atoms with van der Waals surface area (Å²) in [5, 5.41) is 2.96. The van der Waals surface area contributed by atoms with Crippen LogP contribution in [0.1, 0.15) is 26.7 Å². The molecule has 4 heteroatoms. The molecule has 82 valence electrons. The minimum atomic E-state index is 0.0507. The molecular formula is C10H20N2O2. The third-order valence-corrected chi connectivity index (χ3v) is 2.28. The average molecular weight is 200 g/mol. The molecule has 14 heavy (non-hydrogen) atoms. The summed E-state index contributed by atoms with van der Waals surface area (Å²) in [6.45, 7) is 6.71. The van der Waals surface area contributed by atoms with Crippen molar-refractivity contribution in [2.24, 2.45) is 0 Å². The lowest BCUT2D eigenvalue weighted by molar-refractivity contribution is 0.120. The molecule has 0 unspecified atom stereocenters. The van der Waals surface area contributed by atoms with Crippen molar-refractivity contribution in [2.45, 2.75) is 32.7 Å². The van der Waals surface area contributed by atoms with Crippen molar-refractivity contribution in [1.29, 1.82) is 0 Å². The molecule has 0 saturated heterocycles. The van der Waals surface area contributed by atoms with Gasteiger partial charge in [0.2, 0.25) is 0 Å². The van der Waals surface area contributed by atoms with Crippen LogP contribution >= 0.6 is 0 Å². The first-order valence-electron chi connectivity index (χ1n) is 5.41. The van der Waals surface area contributed by atoms with Crippen LogP contribution in [0.3, 0.4) is 0 Å². The standard InChI is InChI=1S/C10H20N2O2/c1-3-12(7-8-14-4-2)10(13)11-9-5-6-9/h9H,3-8H2,1-2H3,(H,11,13). The molecule has 0 aliphatic heterocycles. The monoisotopic (exact) mass is 200 g/mol. The first-order chi connectivity index (χ1) is 6.77. The molecule has 4 nitrogen and oxygen atoms in total. The summed E-state index contributed by atoms with van der Waals surface area (Å²) < 4.78 is 5.21. The Labute approximate surface area is 85.6 Å². The summed E-state index contributed by atoms with van der Waals surface area (Å²) in [5.74, 6) is 0. The van der Waals surface area contributed by atoms with Crippen molar-refractivity contribution < 1.29 is 9.53 Å². The molecule has 0 aromatic carbocycles. The molecule has 1 fully saturated rings. The van der Waals surface area contributed by atoms with E-state index in [9.17, 15) is 4.79 Å². The molecule has 0 aromatic rings. The lowest BCUT2D eigenvalue weighted by atomic mass is 10.5. The number of nitrogens with one attached hydrogen (secondary N) is 1. The van der Waals surface area contributed by atoms with Gasteiger partial charge in [0.05, 0.1) is 6.61 Å². The lowest BCUT2D eigenvalue weighted by Gasteiger charge is -2.20. The minimum Gasteiger partial charge on any atom is -0.380 e. The van der Waals surface area contributed by atoms with E-state index >= 15 is 0 Å². The third kappa shape index (κ3) is 3.96. The fraction of sp³-hybridized carbons (Fsp3) is 0.900. The molecule has 0 spiro atoms. The number of ether oxygens (including phenoxy) is 1. The van der Waals surface area contributed by atoms with Crippen molar-refractivity contribution in [3.8, 4) is 0 Å². The average Bonchev–Trinajstić information content (AvgIpc) is 2.96. The largest absolute Gasteiger partial charge is 0.380 e. The highest BCUT2D eigenvalue weighted by Crippen LogP contribution is 2.18. The minimum absolute atomic E-state index is 0.0507. The number of urea groups is 1. The Morgan fingerprint density at radius 3 is 2.71 bits per heavy atom. The number of amides is 2. The molecule has 0 atom stereocenters. The molecule has 1 saturated carbocycles. The molecule has 1 aliphatic rings. The second-order valence-electron chi connectivity index (χ2n) is 3.50. The molecule has 2 amide bonds. The zero-order valence-electron chi connectivity index (χ0n) is 9.08. The summed E-state index contributed by atoms with van der Waals surface area (Å²) in [6, 6.07) is 0.485. The van der Waals surface area contributed by atoms with Crippen LogP contribution in [0, 0.1) is 0 Å². The maximum atomic E-state index is 11.6. The lowest BCUT2D eigenvalue weighted by Crippen LogP contribution is -2.42. The van der Waals surface area contributed by atoms with E-state index in [0.29, 0.717) is 25.8 Å². The van der Waals surface area contributed by atoms with Gasteiger partial charge in [-0.25, -0.2) is 4.79 Å². The highest BCUT2D eigenvalue weighted by molar-refractivity contribution is 5.74. The Balaban J connectivity index is 2.17. The summed E-state index contributed by atoms with van der Waals surface area (Å²) in [4.78, 5) is 13.4. The number of hydrogen-bond donors (Lipinski definition) is 1. The van der Waals surface area contributed by atoms with Gasteiger partial charge in [-0.05, 0) is 26.7 Å². The number of carbonyl (C=O) groups excluding carboxylic acids is 1. The second kappa shape index (κ2) is 5.86.